The first-order valence-electron chi connectivity index (χ1n) is 12.7. The molecule has 0 saturated carbocycles. The van der Waals surface area contributed by atoms with Crippen LogP contribution in [-0.2, 0) is 29.0 Å². The van der Waals surface area contributed by atoms with Gasteiger partial charge in [0.05, 0.1) is 18.2 Å². The van der Waals surface area contributed by atoms with Crippen molar-refractivity contribution in [2.24, 2.45) is 0 Å². The predicted molar refractivity (Wildman–Crippen MR) is 148 cm³/mol. The third-order valence-corrected chi connectivity index (χ3v) is 6.15. The van der Waals surface area contributed by atoms with Crippen molar-refractivity contribution >= 4 is 17.3 Å². The normalized spacial score (nSPS) is 11.3. The molecule has 4 aromatic rings. The van der Waals surface area contributed by atoms with Crippen LogP contribution in [0.5, 0.6) is 0 Å². The van der Waals surface area contributed by atoms with Crippen molar-refractivity contribution in [2.45, 2.75) is 39.4 Å². The molecule has 1 N–H and O–H groups in total. The molecule has 38 heavy (non-hydrogen) atoms. The lowest BCUT2D eigenvalue weighted by Crippen LogP contribution is -2.26. The predicted octanol–water partition coefficient (Wildman–Crippen LogP) is 5.83. The van der Waals surface area contributed by atoms with Crippen molar-refractivity contribution in [1.29, 1.82) is 5.26 Å². The van der Waals surface area contributed by atoms with E-state index in [1.807, 2.05) is 36.7 Å². The lowest BCUT2D eigenvalue weighted by atomic mass is 10.00. The molecule has 0 amide bonds. The second kappa shape index (κ2) is 13.0. The first-order chi connectivity index (χ1) is 18.6. The highest BCUT2D eigenvalue weighted by Gasteiger charge is 2.24. The molecule has 4 rings (SSSR count). The zero-order valence-electron chi connectivity index (χ0n) is 21.7. The number of pyridine rings is 2. The van der Waals surface area contributed by atoms with Gasteiger partial charge >= 0.3 is 5.97 Å². The second-order valence-corrected chi connectivity index (χ2v) is 8.88. The quantitative estimate of drug-likeness (QED) is 0.256. The van der Waals surface area contributed by atoms with Crippen LogP contribution in [0.25, 0.3) is 0 Å². The van der Waals surface area contributed by atoms with E-state index in [1.165, 1.54) is 0 Å². The number of benzene rings is 2. The van der Waals surface area contributed by atoms with Crippen molar-refractivity contribution in [1.82, 2.24) is 9.97 Å². The minimum absolute atomic E-state index is 0.277. The number of anilines is 2. The molecular formula is C31H31N5O2. The van der Waals surface area contributed by atoms with Gasteiger partial charge < -0.3 is 15.0 Å². The SMILES string of the molecule is CCOC(=O)C(Nc1ccc(C#N)cc1)c1cc(CC)cc(N(Cc2cccnc2)Cc2cccnc2)c1. The number of carbonyl (C=O) groups is 1. The van der Waals surface area contributed by atoms with Crippen LogP contribution in [0.2, 0.25) is 0 Å². The standard InChI is InChI=1S/C31H31N5O2/c1-3-23-15-27(30(31(37)38-4-2)35-28-11-9-24(18-32)10-12-28)17-29(16-23)36(21-25-7-5-13-33-19-25)22-26-8-6-14-34-20-26/h5-17,19-20,30,35H,3-4,21-22H2,1-2H3. The molecule has 0 aliphatic rings. The zero-order chi connectivity index (χ0) is 26.7. The number of nitriles is 1. The minimum Gasteiger partial charge on any atom is -0.464 e. The van der Waals surface area contributed by atoms with E-state index in [0.717, 1.165) is 40.0 Å². The summed E-state index contributed by atoms with van der Waals surface area (Å²) in [6, 6.07) is 22.7. The molecule has 1 unspecified atom stereocenters. The first-order valence-corrected chi connectivity index (χ1v) is 12.7. The number of hydrogen-bond donors (Lipinski definition) is 1. The highest BCUT2D eigenvalue weighted by molar-refractivity contribution is 5.82. The molecule has 0 saturated heterocycles. The largest absolute Gasteiger partial charge is 0.464 e. The molecule has 0 fully saturated rings. The summed E-state index contributed by atoms with van der Waals surface area (Å²) in [5, 5.41) is 12.5. The molecule has 192 valence electrons. The molecule has 2 aromatic heterocycles. The van der Waals surface area contributed by atoms with Gasteiger partial charge in [-0.1, -0.05) is 25.1 Å². The molecular weight excluding hydrogens is 474 g/mol. The van der Waals surface area contributed by atoms with Crippen LogP contribution in [0.1, 0.15) is 47.7 Å². The van der Waals surface area contributed by atoms with Crippen LogP contribution in [0.3, 0.4) is 0 Å². The summed E-state index contributed by atoms with van der Waals surface area (Å²) in [5.41, 5.74) is 6.35. The number of hydrogen-bond acceptors (Lipinski definition) is 7. The Hall–Kier alpha value is -4.70. The fraction of sp³-hybridized carbons (Fsp3) is 0.226. The Labute approximate surface area is 223 Å². The van der Waals surface area contributed by atoms with Crippen LogP contribution in [0.4, 0.5) is 11.4 Å². The summed E-state index contributed by atoms with van der Waals surface area (Å²) in [7, 11) is 0. The van der Waals surface area contributed by atoms with Gasteiger partial charge in [0.15, 0.2) is 6.04 Å². The van der Waals surface area contributed by atoms with Crippen molar-refractivity contribution in [3.05, 3.63) is 119 Å². The number of ether oxygens (including phenoxy) is 1. The number of esters is 1. The number of carbonyl (C=O) groups excluding carboxylic acids is 1. The number of rotatable bonds is 11. The third-order valence-electron chi connectivity index (χ3n) is 6.15. The maximum Gasteiger partial charge on any atom is 0.333 e. The molecule has 0 aliphatic carbocycles. The Morgan fingerprint density at radius 3 is 2.13 bits per heavy atom. The van der Waals surface area contributed by atoms with Crippen molar-refractivity contribution in [3.63, 3.8) is 0 Å². The van der Waals surface area contributed by atoms with Crippen LogP contribution in [-0.4, -0.2) is 22.5 Å². The van der Waals surface area contributed by atoms with E-state index in [0.29, 0.717) is 18.7 Å². The zero-order valence-corrected chi connectivity index (χ0v) is 21.7. The highest BCUT2D eigenvalue weighted by atomic mass is 16.5. The van der Waals surface area contributed by atoms with Crippen molar-refractivity contribution < 1.29 is 9.53 Å². The molecule has 0 spiro atoms. The summed E-state index contributed by atoms with van der Waals surface area (Å²) in [4.78, 5) is 24.0. The van der Waals surface area contributed by atoms with E-state index in [-0.39, 0.29) is 12.6 Å². The van der Waals surface area contributed by atoms with Gasteiger partial charge in [-0.25, -0.2) is 4.79 Å². The van der Waals surface area contributed by atoms with E-state index in [4.69, 9.17) is 10.00 Å². The minimum atomic E-state index is -0.716. The average molecular weight is 506 g/mol. The number of aromatic nitrogens is 2. The Kier molecular flexibility index (Phi) is 9.03. The van der Waals surface area contributed by atoms with Crippen molar-refractivity contribution in [2.75, 3.05) is 16.8 Å². The average Bonchev–Trinajstić information content (AvgIpc) is 2.96. The summed E-state index contributed by atoms with van der Waals surface area (Å²) >= 11 is 0. The lowest BCUT2D eigenvalue weighted by Gasteiger charge is -2.28. The molecule has 1 atom stereocenters. The molecule has 2 aromatic carbocycles. The van der Waals surface area contributed by atoms with E-state index in [1.54, 1.807) is 43.6 Å². The molecule has 7 heteroatoms. The summed E-state index contributed by atoms with van der Waals surface area (Å²) < 4.78 is 5.46. The van der Waals surface area contributed by atoms with Gasteiger partial charge in [-0.3, -0.25) is 9.97 Å². The fourth-order valence-electron chi connectivity index (χ4n) is 4.23. The maximum atomic E-state index is 13.2. The first kappa shape index (κ1) is 26.4. The summed E-state index contributed by atoms with van der Waals surface area (Å²) in [6.45, 7) is 5.46. The van der Waals surface area contributed by atoms with Gasteiger partial charge in [-0.05, 0) is 84.1 Å². The van der Waals surface area contributed by atoms with Gasteiger partial charge in [0.2, 0.25) is 0 Å². The topological polar surface area (TPSA) is 91.1 Å². The monoisotopic (exact) mass is 505 g/mol. The van der Waals surface area contributed by atoms with E-state index >= 15 is 0 Å². The Bertz CT molecular complexity index is 1330. The lowest BCUT2D eigenvalue weighted by molar-refractivity contribution is -0.144. The molecule has 7 nitrogen and oxygen atoms in total. The summed E-state index contributed by atoms with van der Waals surface area (Å²) in [6.07, 6.45) is 8.08. The Balaban J connectivity index is 1.74. The molecule has 0 radical (unpaired) electrons. The van der Waals surface area contributed by atoms with Crippen LogP contribution in [0.15, 0.2) is 91.5 Å². The fourth-order valence-corrected chi connectivity index (χ4v) is 4.23. The smallest absolute Gasteiger partial charge is 0.333 e. The Morgan fingerprint density at radius 2 is 1.61 bits per heavy atom. The highest BCUT2D eigenvalue weighted by Crippen LogP contribution is 2.29. The Morgan fingerprint density at radius 1 is 0.947 bits per heavy atom. The van der Waals surface area contributed by atoms with Gasteiger partial charge in [0.25, 0.3) is 0 Å². The van der Waals surface area contributed by atoms with E-state index < -0.39 is 6.04 Å². The van der Waals surface area contributed by atoms with Crippen molar-refractivity contribution in [3.8, 4) is 6.07 Å². The molecule has 0 aliphatic heterocycles. The van der Waals surface area contributed by atoms with Gasteiger partial charge in [0, 0.05) is 49.3 Å². The third kappa shape index (κ3) is 6.95. The second-order valence-electron chi connectivity index (χ2n) is 8.88. The number of nitrogens with zero attached hydrogens (tertiary/aromatic N) is 4. The van der Waals surface area contributed by atoms with Crippen LogP contribution >= 0.6 is 0 Å². The van der Waals surface area contributed by atoms with E-state index in [9.17, 15) is 4.79 Å². The van der Waals surface area contributed by atoms with Crippen LogP contribution < -0.4 is 10.2 Å². The van der Waals surface area contributed by atoms with Gasteiger partial charge in [0.1, 0.15) is 0 Å². The van der Waals surface area contributed by atoms with Gasteiger partial charge in [-0.2, -0.15) is 5.26 Å². The number of aryl methyl sites for hydroxylation is 1. The summed E-state index contributed by atoms with van der Waals surface area (Å²) in [5.74, 6) is -0.359. The van der Waals surface area contributed by atoms with Crippen LogP contribution in [0, 0.1) is 11.3 Å². The molecule has 0 bridgehead atoms. The molecule has 2 heterocycles. The number of nitrogens with one attached hydrogen (secondary N) is 1. The van der Waals surface area contributed by atoms with Gasteiger partial charge in [-0.15, -0.1) is 0 Å². The van der Waals surface area contributed by atoms with E-state index in [2.05, 4.69) is 51.4 Å². The maximum absolute atomic E-state index is 13.2.